The summed E-state index contributed by atoms with van der Waals surface area (Å²) in [6.45, 7) is 2.13. The second-order valence-corrected chi connectivity index (χ2v) is 6.51. The molecule has 0 amide bonds. The zero-order chi connectivity index (χ0) is 13.0. The van der Waals surface area contributed by atoms with Crippen molar-refractivity contribution < 1.29 is 18.3 Å². The molecule has 96 valence electrons. The van der Waals surface area contributed by atoms with Gasteiger partial charge in [0.1, 0.15) is 15.4 Å². The van der Waals surface area contributed by atoms with E-state index in [1.807, 2.05) is 0 Å². The van der Waals surface area contributed by atoms with Crippen LogP contribution in [0, 0.1) is 0 Å². The Bertz CT molecular complexity index is 341. The molecule has 1 atom stereocenters. The van der Waals surface area contributed by atoms with Gasteiger partial charge in [0.05, 0.1) is 5.75 Å². The number of carboxylic acid groups (broad SMARTS) is 1. The van der Waals surface area contributed by atoms with Crippen LogP contribution in [-0.4, -0.2) is 69.1 Å². The fraction of sp³-hybridized carbons (Fsp3) is 0.889. The molecule has 1 unspecified atom stereocenters. The lowest BCUT2D eigenvalue weighted by molar-refractivity contribution is -0.144. The third-order valence-corrected chi connectivity index (χ3v) is 3.38. The molecule has 0 bridgehead atoms. The summed E-state index contributed by atoms with van der Waals surface area (Å²) in [7, 11) is 0.255. The number of sulfone groups is 1. The van der Waals surface area contributed by atoms with Crippen molar-refractivity contribution in [1.29, 1.82) is 0 Å². The predicted octanol–water partition coefficient (Wildman–Crippen LogP) is -0.974. The Morgan fingerprint density at radius 1 is 1.50 bits per heavy atom. The summed E-state index contributed by atoms with van der Waals surface area (Å²) in [5, 5.41) is 11.7. The highest BCUT2D eigenvalue weighted by molar-refractivity contribution is 7.90. The van der Waals surface area contributed by atoms with Crippen LogP contribution >= 0.6 is 0 Å². The molecule has 0 aliphatic heterocycles. The van der Waals surface area contributed by atoms with Crippen LogP contribution in [0.3, 0.4) is 0 Å². The molecule has 0 radical (unpaired) electrons. The van der Waals surface area contributed by atoms with E-state index in [1.165, 1.54) is 0 Å². The number of rotatable bonds is 7. The minimum atomic E-state index is -3.01. The molecule has 0 aliphatic rings. The molecular weight excluding hydrogens is 232 g/mol. The molecule has 0 heterocycles. The summed E-state index contributed by atoms with van der Waals surface area (Å²) in [6, 6.07) is 0. The minimum Gasteiger partial charge on any atom is -0.480 e. The topological polar surface area (TPSA) is 86.7 Å². The van der Waals surface area contributed by atoms with Crippen molar-refractivity contribution in [3.63, 3.8) is 0 Å². The van der Waals surface area contributed by atoms with Crippen LogP contribution in [0.1, 0.15) is 6.92 Å². The lowest BCUT2D eigenvalue weighted by Crippen LogP contribution is -2.55. The van der Waals surface area contributed by atoms with Crippen molar-refractivity contribution in [1.82, 2.24) is 10.2 Å². The molecule has 0 spiro atoms. The lowest BCUT2D eigenvalue weighted by atomic mass is 10.0. The Kier molecular flexibility index (Phi) is 5.37. The van der Waals surface area contributed by atoms with Crippen LogP contribution in [0.2, 0.25) is 0 Å². The van der Waals surface area contributed by atoms with E-state index in [1.54, 1.807) is 25.9 Å². The number of hydrogen-bond donors (Lipinski definition) is 2. The Labute approximate surface area is 96.5 Å². The van der Waals surface area contributed by atoms with Crippen LogP contribution in [0.4, 0.5) is 0 Å². The lowest BCUT2D eigenvalue weighted by Gasteiger charge is -2.29. The third kappa shape index (κ3) is 5.43. The van der Waals surface area contributed by atoms with Gasteiger partial charge in [-0.25, -0.2) is 8.42 Å². The van der Waals surface area contributed by atoms with Crippen LogP contribution < -0.4 is 5.32 Å². The molecule has 16 heavy (non-hydrogen) atoms. The van der Waals surface area contributed by atoms with Crippen LogP contribution in [-0.2, 0) is 14.6 Å². The van der Waals surface area contributed by atoms with Gasteiger partial charge in [0.25, 0.3) is 0 Å². The first-order valence-corrected chi connectivity index (χ1v) is 6.95. The van der Waals surface area contributed by atoms with Gasteiger partial charge in [-0.15, -0.1) is 0 Å². The number of aliphatic carboxylic acids is 1. The van der Waals surface area contributed by atoms with Gasteiger partial charge in [-0.3, -0.25) is 4.79 Å². The fourth-order valence-corrected chi connectivity index (χ4v) is 1.84. The summed E-state index contributed by atoms with van der Waals surface area (Å²) >= 11 is 0. The van der Waals surface area contributed by atoms with Crippen molar-refractivity contribution in [2.45, 2.75) is 12.5 Å². The second kappa shape index (κ2) is 5.60. The quantitative estimate of drug-likeness (QED) is 0.606. The Balaban J connectivity index is 4.33. The van der Waals surface area contributed by atoms with E-state index in [2.05, 4.69) is 5.32 Å². The largest absolute Gasteiger partial charge is 0.480 e. The highest BCUT2D eigenvalue weighted by Crippen LogP contribution is 2.05. The van der Waals surface area contributed by atoms with Crippen LogP contribution in [0.5, 0.6) is 0 Å². The first-order chi connectivity index (χ1) is 7.10. The summed E-state index contributed by atoms with van der Waals surface area (Å²) < 4.78 is 21.9. The first-order valence-electron chi connectivity index (χ1n) is 4.89. The van der Waals surface area contributed by atoms with Gasteiger partial charge >= 0.3 is 5.97 Å². The van der Waals surface area contributed by atoms with E-state index >= 15 is 0 Å². The van der Waals surface area contributed by atoms with Crippen LogP contribution in [0.15, 0.2) is 0 Å². The van der Waals surface area contributed by atoms with E-state index in [0.29, 0.717) is 6.54 Å². The molecule has 0 rings (SSSR count). The van der Waals surface area contributed by atoms with Gasteiger partial charge in [-0.1, -0.05) is 0 Å². The Morgan fingerprint density at radius 2 is 2.00 bits per heavy atom. The summed E-state index contributed by atoms with van der Waals surface area (Å²) in [5.74, 6) is -0.927. The maximum absolute atomic E-state index is 11.0. The van der Waals surface area contributed by atoms with Gasteiger partial charge in [0.15, 0.2) is 0 Å². The molecule has 0 saturated heterocycles. The molecule has 0 aromatic heterocycles. The van der Waals surface area contributed by atoms with Gasteiger partial charge in [-0.05, 0) is 21.0 Å². The molecule has 0 saturated carbocycles. The number of carboxylic acids is 1. The fourth-order valence-electron chi connectivity index (χ4n) is 1.19. The zero-order valence-electron chi connectivity index (χ0n) is 10.1. The van der Waals surface area contributed by atoms with Gasteiger partial charge in [0, 0.05) is 19.3 Å². The van der Waals surface area contributed by atoms with E-state index < -0.39 is 21.3 Å². The SMILES string of the molecule is CNC(C)(CN(C)CCS(C)(=O)=O)C(=O)O. The zero-order valence-corrected chi connectivity index (χ0v) is 11.0. The Morgan fingerprint density at radius 3 is 2.31 bits per heavy atom. The first kappa shape index (κ1) is 15.3. The highest BCUT2D eigenvalue weighted by Gasteiger charge is 2.32. The Hall–Kier alpha value is -0.660. The minimum absolute atomic E-state index is 0.0307. The molecule has 6 nitrogen and oxygen atoms in total. The monoisotopic (exact) mass is 252 g/mol. The second-order valence-electron chi connectivity index (χ2n) is 4.25. The standard InChI is InChI=1S/C9H20N2O4S/c1-9(10-2,8(12)13)7-11(3)5-6-16(4,14)15/h10H,5-7H2,1-4H3,(H,12,13). The average Bonchev–Trinajstić information content (AvgIpc) is 2.13. The molecule has 0 aliphatic carbocycles. The van der Waals surface area contributed by atoms with Crippen molar-refractivity contribution in [3.05, 3.63) is 0 Å². The molecule has 0 aromatic rings. The summed E-state index contributed by atoms with van der Waals surface area (Å²) in [6.07, 6.45) is 1.16. The third-order valence-electron chi connectivity index (χ3n) is 2.45. The maximum atomic E-state index is 11.0. The number of nitrogens with zero attached hydrogens (tertiary/aromatic N) is 1. The predicted molar refractivity (Wildman–Crippen MR) is 62.3 cm³/mol. The summed E-state index contributed by atoms with van der Waals surface area (Å²) in [4.78, 5) is 12.7. The smallest absolute Gasteiger partial charge is 0.324 e. The van der Waals surface area contributed by atoms with Crippen molar-refractivity contribution >= 4 is 15.8 Å². The van der Waals surface area contributed by atoms with Crippen LogP contribution in [0.25, 0.3) is 0 Å². The van der Waals surface area contributed by atoms with E-state index in [-0.39, 0.29) is 12.3 Å². The number of hydrogen-bond acceptors (Lipinski definition) is 5. The molecular formula is C9H20N2O4S. The van der Waals surface area contributed by atoms with E-state index in [4.69, 9.17) is 5.11 Å². The number of nitrogens with one attached hydrogen (secondary N) is 1. The molecule has 0 aromatic carbocycles. The van der Waals surface area contributed by atoms with E-state index in [0.717, 1.165) is 6.26 Å². The van der Waals surface area contributed by atoms with E-state index in [9.17, 15) is 13.2 Å². The number of likely N-dealkylation sites (N-methyl/N-ethyl adjacent to an activating group) is 2. The molecule has 7 heteroatoms. The number of carbonyl (C=O) groups is 1. The van der Waals surface area contributed by atoms with Gasteiger partial charge in [-0.2, -0.15) is 0 Å². The molecule has 2 N–H and O–H groups in total. The summed E-state index contributed by atoms with van der Waals surface area (Å²) in [5.41, 5.74) is -1.06. The average molecular weight is 252 g/mol. The highest BCUT2D eigenvalue weighted by atomic mass is 32.2. The van der Waals surface area contributed by atoms with Crippen molar-refractivity contribution in [2.24, 2.45) is 0 Å². The maximum Gasteiger partial charge on any atom is 0.324 e. The van der Waals surface area contributed by atoms with Crippen molar-refractivity contribution in [3.8, 4) is 0 Å². The molecule has 0 fully saturated rings. The van der Waals surface area contributed by atoms with Gasteiger partial charge in [0.2, 0.25) is 0 Å². The van der Waals surface area contributed by atoms with Gasteiger partial charge < -0.3 is 15.3 Å². The normalized spacial score (nSPS) is 16.1. The van der Waals surface area contributed by atoms with Crippen molar-refractivity contribution in [2.75, 3.05) is 39.2 Å².